The molecule has 0 fully saturated rings. The summed E-state index contributed by atoms with van der Waals surface area (Å²) in [7, 11) is -4.00. The lowest BCUT2D eigenvalue weighted by atomic mass is 9.87. The number of nitrogens with zero attached hydrogens (tertiary/aromatic N) is 4. The van der Waals surface area contributed by atoms with Crippen molar-refractivity contribution in [2.75, 3.05) is 37.4 Å². The number of hydrogen-bond donors (Lipinski definition) is 1. The van der Waals surface area contributed by atoms with Crippen LogP contribution >= 0.6 is 11.8 Å². The number of benzene rings is 2. The first-order valence-electron chi connectivity index (χ1n) is 14.5. The molecule has 0 aliphatic heterocycles. The highest BCUT2D eigenvalue weighted by molar-refractivity contribution is 7.98. The average molecular weight is 654 g/mol. The molecule has 0 bridgehead atoms. The largest absolute Gasteiger partial charge is 0.473 e. The van der Waals surface area contributed by atoms with Gasteiger partial charge in [0.25, 0.3) is 10.0 Å². The Hall–Kier alpha value is -3.78. The molecule has 0 aliphatic carbocycles. The van der Waals surface area contributed by atoms with Crippen molar-refractivity contribution < 1.29 is 27.4 Å². The third-order valence-electron chi connectivity index (χ3n) is 6.58. The maximum atomic E-state index is 13.5. The Labute approximate surface area is 269 Å². The highest BCUT2D eigenvalue weighted by atomic mass is 32.2. The zero-order valence-corrected chi connectivity index (χ0v) is 27.9. The third-order valence-corrected chi connectivity index (χ3v) is 8.61. The first kappa shape index (κ1) is 34.1. The van der Waals surface area contributed by atoms with E-state index in [2.05, 4.69) is 45.4 Å². The summed E-state index contributed by atoms with van der Waals surface area (Å²) < 4.78 is 52.8. The van der Waals surface area contributed by atoms with E-state index in [9.17, 15) is 8.42 Å². The van der Waals surface area contributed by atoms with Crippen LogP contribution in [-0.4, -0.2) is 61.0 Å². The van der Waals surface area contributed by atoms with Gasteiger partial charge < -0.3 is 18.9 Å². The predicted molar refractivity (Wildman–Crippen MR) is 174 cm³/mol. The van der Waals surface area contributed by atoms with Crippen LogP contribution in [0.4, 0.5) is 5.82 Å². The van der Waals surface area contributed by atoms with E-state index in [1.165, 1.54) is 18.1 Å². The van der Waals surface area contributed by atoms with Crippen LogP contribution < -0.4 is 14.2 Å². The molecule has 4 rings (SSSR count). The molecule has 0 saturated heterocycles. The number of ether oxygens (including phenoxy) is 4. The number of hydrogen-bond acceptors (Lipinski definition) is 11. The zero-order chi connectivity index (χ0) is 32.5. The normalized spacial score (nSPS) is 11.9. The van der Waals surface area contributed by atoms with Gasteiger partial charge in [-0.15, -0.1) is 11.8 Å². The van der Waals surface area contributed by atoms with E-state index in [4.69, 9.17) is 18.9 Å². The van der Waals surface area contributed by atoms with Crippen LogP contribution in [0, 0.1) is 0 Å². The molecule has 0 unspecified atom stereocenters. The van der Waals surface area contributed by atoms with Crippen LogP contribution in [0.1, 0.15) is 52.0 Å². The van der Waals surface area contributed by atoms with Crippen LogP contribution in [0.5, 0.6) is 11.9 Å². The molecule has 0 atom stereocenters. The van der Waals surface area contributed by atoms with E-state index < -0.39 is 16.3 Å². The molecule has 45 heavy (non-hydrogen) atoms. The summed E-state index contributed by atoms with van der Waals surface area (Å²) in [5.41, 5.74) is 2.70. The molecule has 2 heterocycles. The summed E-state index contributed by atoms with van der Waals surface area (Å²) in [6.45, 7) is 11.2. The maximum absolute atomic E-state index is 13.5. The summed E-state index contributed by atoms with van der Waals surface area (Å²) in [6.07, 6.45) is 6.01. The fraction of sp³-hybridized carbons (Fsp3) is 0.375. The van der Waals surface area contributed by atoms with Gasteiger partial charge in [-0.2, -0.15) is 0 Å². The molecule has 1 N–H and O–H groups in total. The Morgan fingerprint density at radius 1 is 0.844 bits per heavy atom. The monoisotopic (exact) mass is 653 g/mol. The summed E-state index contributed by atoms with van der Waals surface area (Å²) >= 11 is 1.53. The standard InChI is InChI=1S/C32H39N5O6S2/c1-7-40-30(41-8-2)23-11-9-22(10-12-23)27-28(37-45(38,39)26-15-13-24(14-16-26)32(3,4)5)35-21-36-29(27)42-17-18-43-31-33-19-25(44-6)20-34-31/h9-16,19-21,30H,7-8,17-18H2,1-6H3,(H,35,36,37). The van der Waals surface area contributed by atoms with Crippen LogP contribution in [0.25, 0.3) is 11.1 Å². The molecule has 240 valence electrons. The molecule has 0 saturated carbocycles. The van der Waals surface area contributed by atoms with Crippen molar-refractivity contribution >= 4 is 27.6 Å². The lowest BCUT2D eigenvalue weighted by Crippen LogP contribution is -2.17. The summed E-state index contributed by atoms with van der Waals surface area (Å²) in [6, 6.07) is 14.4. The number of thioether (sulfide) groups is 1. The summed E-state index contributed by atoms with van der Waals surface area (Å²) in [5, 5.41) is 0. The second-order valence-electron chi connectivity index (χ2n) is 10.7. The van der Waals surface area contributed by atoms with Crippen molar-refractivity contribution in [3.8, 4) is 23.0 Å². The highest BCUT2D eigenvalue weighted by Crippen LogP contribution is 2.36. The summed E-state index contributed by atoms with van der Waals surface area (Å²) in [5.74, 6) is 0.239. The van der Waals surface area contributed by atoms with E-state index in [0.717, 1.165) is 16.0 Å². The van der Waals surface area contributed by atoms with E-state index in [1.54, 1.807) is 24.5 Å². The zero-order valence-electron chi connectivity index (χ0n) is 26.3. The van der Waals surface area contributed by atoms with Crippen molar-refractivity contribution in [1.82, 2.24) is 19.9 Å². The first-order valence-corrected chi connectivity index (χ1v) is 17.2. The number of sulfonamides is 1. The second kappa shape index (κ2) is 15.5. The summed E-state index contributed by atoms with van der Waals surface area (Å²) in [4.78, 5) is 18.0. The van der Waals surface area contributed by atoms with Crippen molar-refractivity contribution in [2.24, 2.45) is 0 Å². The number of rotatable bonds is 15. The quantitative estimate of drug-likeness (QED) is 0.0882. The lowest BCUT2D eigenvalue weighted by molar-refractivity contribution is -0.140. The van der Waals surface area contributed by atoms with Gasteiger partial charge in [0.2, 0.25) is 5.88 Å². The smallest absolute Gasteiger partial charge is 0.316 e. The van der Waals surface area contributed by atoms with Gasteiger partial charge in [0.05, 0.1) is 10.5 Å². The SMILES string of the molecule is CCOC(OCC)c1ccc(-c2c(NS(=O)(=O)c3ccc(C(C)(C)C)cc3)ncnc2OCCOc2ncc(SC)cn2)cc1. The highest BCUT2D eigenvalue weighted by Gasteiger charge is 2.23. The molecule has 13 heteroatoms. The number of anilines is 1. The van der Waals surface area contributed by atoms with Crippen molar-refractivity contribution in [3.05, 3.63) is 78.4 Å². The Bertz CT molecular complexity index is 1620. The second-order valence-corrected chi connectivity index (χ2v) is 13.3. The van der Waals surface area contributed by atoms with Gasteiger partial charge in [-0.3, -0.25) is 4.72 Å². The van der Waals surface area contributed by atoms with Crippen molar-refractivity contribution in [1.29, 1.82) is 0 Å². The molecule has 0 amide bonds. The molecule has 11 nitrogen and oxygen atoms in total. The van der Waals surface area contributed by atoms with Crippen LogP contribution in [0.2, 0.25) is 0 Å². The molecule has 4 aromatic rings. The average Bonchev–Trinajstić information content (AvgIpc) is 3.03. The molecule has 0 radical (unpaired) electrons. The molecular formula is C32H39N5O6S2. The van der Waals surface area contributed by atoms with Gasteiger partial charge in [-0.05, 0) is 48.8 Å². The van der Waals surface area contributed by atoms with E-state index in [0.29, 0.717) is 24.3 Å². The minimum atomic E-state index is -4.00. The van der Waals surface area contributed by atoms with Gasteiger partial charge >= 0.3 is 6.01 Å². The Morgan fingerprint density at radius 3 is 2.04 bits per heavy atom. The Kier molecular flexibility index (Phi) is 11.7. The van der Waals surface area contributed by atoms with Gasteiger partial charge in [-0.1, -0.05) is 57.2 Å². The Balaban J connectivity index is 1.63. The van der Waals surface area contributed by atoms with Gasteiger partial charge in [0, 0.05) is 36.1 Å². The van der Waals surface area contributed by atoms with E-state index >= 15 is 0 Å². The topological polar surface area (TPSA) is 135 Å². The van der Waals surface area contributed by atoms with Crippen molar-refractivity contribution in [2.45, 2.75) is 56.1 Å². The first-order chi connectivity index (χ1) is 21.6. The van der Waals surface area contributed by atoms with Crippen LogP contribution in [0.3, 0.4) is 0 Å². The molecule has 0 spiro atoms. The van der Waals surface area contributed by atoms with Crippen LogP contribution in [-0.2, 0) is 24.9 Å². The number of nitrogens with one attached hydrogen (secondary N) is 1. The van der Waals surface area contributed by atoms with Gasteiger partial charge in [-0.25, -0.2) is 28.4 Å². The van der Waals surface area contributed by atoms with E-state index in [-0.39, 0.29) is 41.2 Å². The predicted octanol–water partition coefficient (Wildman–Crippen LogP) is 6.28. The molecule has 2 aromatic carbocycles. The number of aromatic nitrogens is 4. The minimum Gasteiger partial charge on any atom is -0.473 e. The molecule has 2 aromatic heterocycles. The van der Waals surface area contributed by atoms with Crippen LogP contribution in [0.15, 0.2) is 77.0 Å². The lowest BCUT2D eigenvalue weighted by Gasteiger charge is -2.20. The fourth-order valence-electron chi connectivity index (χ4n) is 4.24. The van der Waals surface area contributed by atoms with Gasteiger partial charge in [0.1, 0.15) is 19.5 Å². The Morgan fingerprint density at radius 2 is 1.47 bits per heavy atom. The maximum Gasteiger partial charge on any atom is 0.316 e. The molecule has 0 aliphatic rings. The third kappa shape index (κ3) is 9.13. The van der Waals surface area contributed by atoms with Gasteiger partial charge in [0.15, 0.2) is 12.1 Å². The minimum absolute atomic E-state index is 0.0655. The van der Waals surface area contributed by atoms with Crippen molar-refractivity contribution in [3.63, 3.8) is 0 Å². The molecular weight excluding hydrogens is 615 g/mol. The fourth-order valence-corrected chi connectivity index (χ4v) is 5.58. The van der Waals surface area contributed by atoms with E-state index in [1.807, 2.05) is 56.5 Å².